The maximum atomic E-state index is 12.0. The highest BCUT2D eigenvalue weighted by Crippen LogP contribution is 2.23. The SMILES string of the molecule is COCCn1cc(NS(=O)(=O)c2cc(N)cs2)cn1. The van der Waals surface area contributed by atoms with Crippen molar-refractivity contribution in [1.82, 2.24) is 9.78 Å². The number of rotatable bonds is 6. The van der Waals surface area contributed by atoms with Gasteiger partial charge >= 0.3 is 0 Å². The molecule has 0 fully saturated rings. The Hall–Kier alpha value is -1.58. The lowest BCUT2D eigenvalue weighted by Gasteiger charge is -2.02. The summed E-state index contributed by atoms with van der Waals surface area (Å²) in [5, 5.41) is 5.61. The molecule has 3 N–H and O–H groups in total. The van der Waals surface area contributed by atoms with E-state index in [0.29, 0.717) is 24.5 Å². The molecule has 2 aromatic heterocycles. The third kappa shape index (κ3) is 3.46. The van der Waals surface area contributed by atoms with Gasteiger partial charge in [0.05, 0.1) is 25.0 Å². The highest BCUT2D eigenvalue weighted by atomic mass is 32.2. The number of anilines is 2. The molecule has 7 nitrogen and oxygen atoms in total. The van der Waals surface area contributed by atoms with E-state index in [-0.39, 0.29) is 4.21 Å². The van der Waals surface area contributed by atoms with Gasteiger partial charge in [-0.2, -0.15) is 5.10 Å². The molecular weight excluding hydrogens is 288 g/mol. The van der Waals surface area contributed by atoms with Crippen molar-refractivity contribution in [2.45, 2.75) is 10.8 Å². The van der Waals surface area contributed by atoms with Crippen molar-refractivity contribution in [3.8, 4) is 0 Å². The molecule has 2 aromatic rings. The van der Waals surface area contributed by atoms with Crippen molar-refractivity contribution in [3.63, 3.8) is 0 Å². The van der Waals surface area contributed by atoms with Crippen molar-refractivity contribution < 1.29 is 13.2 Å². The van der Waals surface area contributed by atoms with Gasteiger partial charge in [-0.15, -0.1) is 11.3 Å². The summed E-state index contributed by atoms with van der Waals surface area (Å²) >= 11 is 1.07. The van der Waals surface area contributed by atoms with Crippen LogP contribution in [-0.2, 0) is 21.3 Å². The molecule has 9 heteroatoms. The molecule has 0 radical (unpaired) electrons. The largest absolute Gasteiger partial charge is 0.398 e. The van der Waals surface area contributed by atoms with Crippen LogP contribution in [0.15, 0.2) is 28.0 Å². The van der Waals surface area contributed by atoms with Crippen LogP contribution in [0.1, 0.15) is 0 Å². The predicted molar refractivity (Wildman–Crippen MR) is 73.6 cm³/mol. The summed E-state index contributed by atoms with van der Waals surface area (Å²) in [6.45, 7) is 1.07. The van der Waals surface area contributed by atoms with E-state index < -0.39 is 10.0 Å². The van der Waals surface area contributed by atoms with Crippen LogP contribution in [0.25, 0.3) is 0 Å². The van der Waals surface area contributed by atoms with Gasteiger partial charge in [-0.25, -0.2) is 8.42 Å². The molecule has 0 atom stereocenters. The first kappa shape index (κ1) is 13.8. The molecule has 19 heavy (non-hydrogen) atoms. The zero-order valence-corrected chi connectivity index (χ0v) is 11.9. The van der Waals surface area contributed by atoms with Crippen molar-refractivity contribution in [3.05, 3.63) is 23.8 Å². The molecule has 0 bridgehead atoms. The van der Waals surface area contributed by atoms with Crippen molar-refractivity contribution in [2.75, 3.05) is 24.2 Å². The normalized spacial score (nSPS) is 11.6. The van der Waals surface area contributed by atoms with Crippen LogP contribution in [0.2, 0.25) is 0 Å². The summed E-state index contributed by atoms with van der Waals surface area (Å²) < 4.78 is 33.2. The zero-order valence-electron chi connectivity index (χ0n) is 10.2. The first-order valence-corrected chi connectivity index (χ1v) is 7.76. The average Bonchev–Trinajstić information content (AvgIpc) is 2.95. The van der Waals surface area contributed by atoms with Crippen LogP contribution in [0.4, 0.5) is 11.4 Å². The van der Waals surface area contributed by atoms with Crippen LogP contribution >= 0.6 is 11.3 Å². The number of nitrogen functional groups attached to an aromatic ring is 1. The average molecular weight is 302 g/mol. The second kappa shape index (κ2) is 5.59. The molecular formula is C10H14N4O3S2. The lowest BCUT2D eigenvalue weighted by Crippen LogP contribution is -2.11. The molecule has 0 amide bonds. The molecule has 0 saturated carbocycles. The van der Waals surface area contributed by atoms with Crippen LogP contribution in [-0.4, -0.2) is 31.9 Å². The van der Waals surface area contributed by atoms with Gasteiger partial charge in [-0.3, -0.25) is 9.40 Å². The van der Waals surface area contributed by atoms with Crippen molar-refractivity contribution in [1.29, 1.82) is 0 Å². The van der Waals surface area contributed by atoms with Crippen molar-refractivity contribution in [2.24, 2.45) is 0 Å². The van der Waals surface area contributed by atoms with Crippen molar-refractivity contribution >= 4 is 32.7 Å². The Morgan fingerprint density at radius 1 is 1.58 bits per heavy atom. The third-order valence-electron chi connectivity index (χ3n) is 2.27. The third-order valence-corrected chi connectivity index (χ3v) is 5.11. The van der Waals surface area contributed by atoms with E-state index in [1.807, 2.05) is 0 Å². The molecule has 0 spiro atoms. The first-order chi connectivity index (χ1) is 9.01. The van der Waals surface area contributed by atoms with E-state index in [2.05, 4.69) is 9.82 Å². The molecule has 2 heterocycles. The number of methoxy groups -OCH3 is 1. The van der Waals surface area contributed by atoms with E-state index in [0.717, 1.165) is 11.3 Å². The van der Waals surface area contributed by atoms with Gasteiger partial charge in [0.1, 0.15) is 4.21 Å². The number of aromatic nitrogens is 2. The van der Waals surface area contributed by atoms with E-state index >= 15 is 0 Å². The molecule has 0 aliphatic heterocycles. The molecule has 0 aromatic carbocycles. The maximum Gasteiger partial charge on any atom is 0.271 e. The minimum atomic E-state index is -3.60. The van der Waals surface area contributed by atoms with E-state index in [1.165, 1.54) is 12.3 Å². The van der Waals surface area contributed by atoms with Gasteiger partial charge < -0.3 is 10.5 Å². The minimum absolute atomic E-state index is 0.176. The van der Waals surface area contributed by atoms with Crippen LogP contribution in [0, 0.1) is 0 Å². The van der Waals surface area contributed by atoms with Crippen LogP contribution < -0.4 is 10.5 Å². The molecule has 0 saturated heterocycles. The summed E-state index contributed by atoms with van der Waals surface area (Å²) in [5.74, 6) is 0. The van der Waals surface area contributed by atoms with Gasteiger partial charge in [0, 0.05) is 24.4 Å². The number of nitrogens with zero attached hydrogens (tertiary/aromatic N) is 2. The van der Waals surface area contributed by atoms with Crippen LogP contribution in [0.3, 0.4) is 0 Å². The van der Waals surface area contributed by atoms with Gasteiger partial charge in [-0.05, 0) is 6.07 Å². The fourth-order valence-corrected chi connectivity index (χ4v) is 3.51. The summed E-state index contributed by atoms with van der Waals surface area (Å²) in [4.78, 5) is 0. The summed E-state index contributed by atoms with van der Waals surface area (Å²) in [6.07, 6.45) is 3.05. The molecule has 104 valence electrons. The Bertz CT molecular complexity index is 647. The fourth-order valence-electron chi connectivity index (χ4n) is 1.40. The van der Waals surface area contributed by atoms with E-state index in [1.54, 1.807) is 23.4 Å². The number of sulfonamides is 1. The zero-order chi connectivity index (χ0) is 13.9. The number of nitrogens with one attached hydrogen (secondary N) is 1. The first-order valence-electron chi connectivity index (χ1n) is 5.39. The lowest BCUT2D eigenvalue weighted by molar-refractivity contribution is 0.183. The summed E-state index contributed by atoms with van der Waals surface area (Å²) in [6, 6.07) is 1.42. The molecule has 2 rings (SSSR count). The highest BCUT2D eigenvalue weighted by Gasteiger charge is 2.17. The van der Waals surface area contributed by atoms with E-state index in [9.17, 15) is 8.42 Å². The standard InChI is InChI=1S/C10H14N4O3S2/c1-17-3-2-14-6-9(5-12-14)13-19(15,16)10-4-8(11)7-18-10/h4-7,13H,2-3,11H2,1H3. The number of hydrogen-bond acceptors (Lipinski definition) is 6. The molecule has 0 aliphatic carbocycles. The van der Waals surface area contributed by atoms with Gasteiger partial charge in [0.15, 0.2) is 0 Å². The number of ether oxygens (including phenoxy) is 1. The second-order valence-electron chi connectivity index (χ2n) is 3.79. The number of hydrogen-bond donors (Lipinski definition) is 2. The minimum Gasteiger partial charge on any atom is -0.398 e. The Kier molecular flexibility index (Phi) is 4.08. The van der Waals surface area contributed by atoms with Gasteiger partial charge in [-0.1, -0.05) is 0 Å². The Morgan fingerprint density at radius 2 is 2.37 bits per heavy atom. The van der Waals surface area contributed by atoms with Gasteiger partial charge in [0.25, 0.3) is 10.0 Å². The second-order valence-corrected chi connectivity index (χ2v) is 6.61. The smallest absolute Gasteiger partial charge is 0.271 e. The van der Waals surface area contributed by atoms with Gasteiger partial charge in [0.2, 0.25) is 0 Å². The monoisotopic (exact) mass is 302 g/mol. The highest BCUT2D eigenvalue weighted by molar-refractivity contribution is 7.94. The summed E-state index contributed by atoms with van der Waals surface area (Å²) in [5.41, 5.74) is 6.35. The maximum absolute atomic E-state index is 12.0. The number of nitrogens with two attached hydrogens (primary N) is 1. The van der Waals surface area contributed by atoms with E-state index in [4.69, 9.17) is 10.5 Å². The quantitative estimate of drug-likeness (QED) is 0.828. The Labute approximate surface area is 115 Å². The molecule has 0 aliphatic rings. The summed E-state index contributed by atoms with van der Waals surface area (Å²) in [7, 11) is -2.00. The molecule has 0 unspecified atom stereocenters. The lowest BCUT2D eigenvalue weighted by atomic mass is 10.6. The Balaban J connectivity index is 2.10. The van der Waals surface area contributed by atoms with Crippen LogP contribution in [0.5, 0.6) is 0 Å². The topological polar surface area (TPSA) is 99.2 Å². The Morgan fingerprint density at radius 3 is 3.00 bits per heavy atom. The fraction of sp³-hybridized carbons (Fsp3) is 0.300. The predicted octanol–water partition coefficient (Wildman–Crippen LogP) is 0.974. The number of thiophene rings is 1.